The van der Waals surface area contributed by atoms with Gasteiger partial charge in [-0.15, -0.1) is 0 Å². The number of anilines is 1. The highest BCUT2D eigenvalue weighted by Gasteiger charge is 2.53. The molecular weight excluding hydrogens is 366 g/mol. The zero-order chi connectivity index (χ0) is 20.0. The number of aliphatic hydroxyl groups excluding tert-OH is 2. The predicted octanol–water partition coefficient (Wildman–Crippen LogP) is 1.28. The molecule has 1 aliphatic rings. The highest BCUT2D eigenvalue weighted by molar-refractivity contribution is 6.74. The molecule has 1 aliphatic heterocycles. The first-order chi connectivity index (χ1) is 12.5. The van der Waals surface area contributed by atoms with E-state index in [2.05, 4.69) is 48.9 Å². The average molecular weight is 396 g/mol. The van der Waals surface area contributed by atoms with E-state index in [1.807, 2.05) is 0 Å². The molecule has 2 unspecified atom stereocenters. The van der Waals surface area contributed by atoms with Crippen LogP contribution in [0.2, 0.25) is 18.1 Å². The summed E-state index contributed by atoms with van der Waals surface area (Å²) in [7, 11) is -2.14. The minimum Gasteiger partial charge on any atom is -0.411 e. The van der Waals surface area contributed by atoms with Crippen molar-refractivity contribution in [1.29, 1.82) is 0 Å². The lowest BCUT2D eigenvalue weighted by molar-refractivity contribution is -0.133. The van der Waals surface area contributed by atoms with Gasteiger partial charge >= 0.3 is 0 Å². The van der Waals surface area contributed by atoms with Crippen molar-refractivity contribution in [1.82, 2.24) is 19.6 Å². The first-order valence-electron chi connectivity index (χ1n) is 9.06. The maximum absolute atomic E-state index is 10.0. The molecular formula is C17H29N5O4Si. The second kappa shape index (κ2) is 6.78. The van der Waals surface area contributed by atoms with Gasteiger partial charge in [0.05, 0.1) is 31.6 Å². The van der Waals surface area contributed by atoms with E-state index >= 15 is 0 Å². The van der Waals surface area contributed by atoms with Crippen molar-refractivity contribution in [3.8, 4) is 0 Å². The molecule has 3 rings (SSSR count). The largest absolute Gasteiger partial charge is 0.411 e. The van der Waals surface area contributed by atoms with E-state index in [4.69, 9.17) is 14.9 Å². The normalized spacial score (nSPS) is 23.2. The Morgan fingerprint density at radius 1 is 1.33 bits per heavy atom. The monoisotopic (exact) mass is 395 g/mol. The molecule has 2 atom stereocenters. The lowest BCUT2D eigenvalue weighted by Crippen LogP contribution is -2.54. The Bertz CT molecular complexity index is 815. The molecule has 1 saturated heterocycles. The molecule has 3 heterocycles. The van der Waals surface area contributed by atoms with E-state index in [9.17, 15) is 10.2 Å². The quantitative estimate of drug-likeness (QED) is 0.646. The fourth-order valence-electron chi connectivity index (χ4n) is 3.10. The molecule has 4 N–H and O–H groups in total. The number of ether oxygens (including phenoxy) is 1. The maximum Gasteiger partial charge on any atom is 0.224 e. The molecule has 0 amide bonds. The SMILES string of the molecule is CC(C)(C)[Si](C)(C)OC1CC(c2cnn3c(N)ncnc23)OC1(CO)CO. The van der Waals surface area contributed by atoms with E-state index in [1.165, 1.54) is 10.8 Å². The van der Waals surface area contributed by atoms with Gasteiger partial charge in [-0.3, -0.25) is 0 Å². The van der Waals surface area contributed by atoms with Crippen molar-refractivity contribution in [2.75, 3.05) is 18.9 Å². The predicted molar refractivity (Wildman–Crippen MR) is 103 cm³/mol. The Morgan fingerprint density at radius 3 is 2.59 bits per heavy atom. The molecule has 0 aliphatic carbocycles. The molecule has 10 heteroatoms. The van der Waals surface area contributed by atoms with Gasteiger partial charge in [0.1, 0.15) is 11.9 Å². The van der Waals surface area contributed by atoms with E-state index in [-0.39, 0.29) is 24.2 Å². The van der Waals surface area contributed by atoms with Gasteiger partial charge in [-0.05, 0) is 18.1 Å². The minimum absolute atomic E-state index is 0.00613. The fourth-order valence-corrected chi connectivity index (χ4v) is 4.47. The fraction of sp³-hybridized carbons (Fsp3) is 0.706. The van der Waals surface area contributed by atoms with Gasteiger partial charge in [0.25, 0.3) is 0 Å². The number of hydrogen-bond donors (Lipinski definition) is 3. The smallest absolute Gasteiger partial charge is 0.224 e. The Morgan fingerprint density at radius 2 is 2.00 bits per heavy atom. The van der Waals surface area contributed by atoms with Crippen LogP contribution in [-0.4, -0.2) is 63.0 Å². The van der Waals surface area contributed by atoms with Crippen LogP contribution in [0.5, 0.6) is 0 Å². The first kappa shape index (κ1) is 20.1. The number of aliphatic hydroxyl groups is 2. The first-order valence-corrected chi connectivity index (χ1v) is 12.0. The van der Waals surface area contributed by atoms with Crippen molar-refractivity contribution >= 4 is 19.9 Å². The minimum atomic E-state index is -2.14. The van der Waals surface area contributed by atoms with Crippen LogP contribution in [0, 0.1) is 0 Å². The second-order valence-electron chi connectivity index (χ2n) is 8.66. The summed E-state index contributed by atoms with van der Waals surface area (Å²) in [4.78, 5) is 8.18. The summed E-state index contributed by atoms with van der Waals surface area (Å²) < 4.78 is 14.1. The molecule has 2 aromatic heterocycles. The van der Waals surface area contributed by atoms with Crippen LogP contribution in [-0.2, 0) is 9.16 Å². The van der Waals surface area contributed by atoms with Gasteiger partial charge in [-0.1, -0.05) is 20.8 Å². The van der Waals surface area contributed by atoms with Gasteiger partial charge in [0, 0.05) is 12.0 Å². The molecule has 0 aromatic carbocycles. The number of aromatic nitrogens is 4. The van der Waals surface area contributed by atoms with Crippen LogP contribution in [0.4, 0.5) is 5.95 Å². The Balaban J connectivity index is 1.95. The van der Waals surface area contributed by atoms with E-state index in [0.717, 1.165) is 5.56 Å². The zero-order valence-corrected chi connectivity index (χ0v) is 17.5. The van der Waals surface area contributed by atoms with Crippen LogP contribution in [0.15, 0.2) is 12.5 Å². The van der Waals surface area contributed by atoms with E-state index in [1.54, 1.807) is 6.20 Å². The van der Waals surface area contributed by atoms with Gasteiger partial charge in [0.2, 0.25) is 5.95 Å². The van der Waals surface area contributed by atoms with Gasteiger partial charge < -0.3 is 25.1 Å². The average Bonchev–Trinajstić information content (AvgIpc) is 3.16. The highest BCUT2D eigenvalue weighted by Crippen LogP contribution is 2.46. The van der Waals surface area contributed by atoms with Gasteiger partial charge in [-0.2, -0.15) is 9.61 Å². The Hall–Kier alpha value is -1.59. The number of nitrogens with two attached hydrogens (primary N) is 1. The number of fused-ring (bicyclic) bond motifs is 1. The van der Waals surface area contributed by atoms with Crippen molar-refractivity contribution < 1.29 is 19.4 Å². The van der Waals surface area contributed by atoms with E-state index in [0.29, 0.717) is 12.1 Å². The molecule has 150 valence electrons. The van der Waals surface area contributed by atoms with Crippen molar-refractivity contribution in [2.45, 2.75) is 63.1 Å². The zero-order valence-electron chi connectivity index (χ0n) is 16.5. The standard InChI is InChI=1S/C17H29N5O4Si/c1-16(2,3)27(4,5)26-13-6-12(25-17(13,8-23)9-24)11-7-21-22-14(11)19-10-20-15(22)18/h7,10,12-13,23-24H,6,8-9H2,1-5H3,(H2,18,19,20). The highest BCUT2D eigenvalue weighted by atomic mass is 28.4. The Labute approximate surface area is 159 Å². The summed E-state index contributed by atoms with van der Waals surface area (Å²) >= 11 is 0. The summed E-state index contributed by atoms with van der Waals surface area (Å²) in [5.74, 6) is 0.230. The third kappa shape index (κ3) is 3.36. The third-order valence-corrected chi connectivity index (χ3v) is 10.4. The second-order valence-corrected chi connectivity index (χ2v) is 13.4. The lowest BCUT2D eigenvalue weighted by atomic mass is 9.97. The summed E-state index contributed by atoms with van der Waals surface area (Å²) in [6.07, 6.45) is 2.64. The van der Waals surface area contributed by atoms with Crippen molar-refractivity contribution in [2.24, 2.45) is 0 Å². The van der Waals surface area contributed by atoms with Crippen LogP contribution < -0.4 is 5.73 Å². The van der Waals surface area contributed by atoms with Gasteiger partial charge in [-0.25, -0.2) is 9.97 Å². The molecule has 9 nitrogen and oxygen atoms in total. The number of rotatable bonds is 5. The molecule has 0 radical (unpaired) electrons. The topological polar surface area (TPSA) is 128 Å². The van der Waals surface area contributed by atoms with Crippen molar-refractivity contribution in [3.05, 3.63) is 18.1 Å². The third-order valence-electron chi connectivity index (χ3n) is 5.88. The molecule has 0 bridgehead atoms. The van der Waals surface area contributed by atoms with Gasteiger partial charge in [0.15, 0.2) is 14.0 Å². The number of nitrogen functional groups attached to an aromatic ring is 1. The molecule has 27 heavy (non-hydrogen) atoms. The van der Waals surface area contributed by atoms with E-state index < -0.39 is 26.1 Å². The summed E-state index contributed by atoms with van der Waals surface area (Å²) in [6, 6.07) is 0. The molecule has 2 aromatic rings. The van der Waals surface area contributed by atoms with Crippen LogP contribution in [0.1, 0.15) is 38.9 Å². The number of nitrogens with zero attached hydrogens (tertiary/aromatic N) is 4. The molecule has 0 saturated carbocycles. The van der Waals surface area contributed by atoms with Crippen LogP contribution in [0.25, 0.3) is 5.65 Å². The van der Waals surface area contributed by atoms with Crippen LogP contribution >= 0.6 is 0 Å². The summed E-state index contributed by atoms with van der Waals surface area (Å²) in [5.41, 5.74) is 5.95. The Kier molecular flexibility index (Phi) is 5.06. The summed E-state index contributed by atoms with van der Waals surface area (Å²) in [6.45, 7) is 10.1. The maximum atomic E-state index is 10.0. The molecule has 1 fully saturated rings. The number of hydrogen-bond acceptors (Lipinski definition) is 8. The summed E-state index contributed by atoms with van der Waals surface area (Å²) in [5, 5.41) is 24.3. The molecule has 0 spiro atoms. The van der Waals surface area contributed by atoms with Crippen molar-refractivity contribution in [3.63, 3.8) is 0 Å². The lowest BCUT2D eigenvalue weighted by Gasteiger charge is -2.42. The van der Waals surface area contributed by atoms with Crippen LogP contribution in [0.3, 0.4) is 0 Å².